The smallest absolute Gasteiger partial charge is 0.410 e. The molecule has 2 rings (SSSR count). The molecule has 0 aromatic heterocycles. The van der Waals surface area contributed by atoms with Gasteiger partial charge in [0.15, 0.2) is 0 Å². The molecule has 0 unspecified atom stereocenters. The van der Waals surface area contributed by atoms with Crippen molar-refractivity contribution in [2.45, 2.75) is 77.4 Å². The Kier molecular flexibility index (Phi) is 5.93. The van der Waals surface area contributed by atoms with Gasteiger partial charge in [0.1, 0.15) is 5.60 Å². The molecular formula is C18H32N2O3. The first-order valence-corrected chi connectivity index (χ1v) is 9.02. The number of carbonyl (C=O) groups is 2. The van der Waals surface area contributed by atoms with Gasteiger partial charge in [-0.05, 0) is 46.5 Å². The van der Waals surface area contributed by atoms with Gasteiger partial charge in [-0.15, -0.1) is 0 Å². The highest BCUT2D eigenvalue weighted by molar-refractivity contribution is 5.79. The molecule has 1 saturated carbocycles. The molecular weight excluding hydrogens is 292 g/mol. The molecule has 1 aliphatic heterocycles. The number of hydrogen-bond donors (Lipinski definition) is 0. The molecule has 2 fully saturated rings. The van der Waals surface area contributed by atoms with Gasteiger partial charge < -0.3 is 14.5 Å². The normalized spacial score (nSPS) is 21.1. The van der Waals surface area contributed by atoms with Crippen LogP contribution >= 0.6 is 0 Å². The molecule has 0 N–H and O–H groups in total. The van der Waals surface area contributed by atoms with Crippen LogP contribution in [0.15, 0.2) is 0 Å². The summed E-state index contributed by atoms with van der Waals surface area (Å²) >= 11 is 0. The van der Waals surface area contributed by atoms with Gasteiger partial charge in [-0.3, -0.25) is 4.79 Å². The molecule has 132 valence electrons. The Labute approximate surface area is 140 Å². The molecule has 23 heavy (non-hydrogen) atoms. The Balaban J connectivity index is 1.81. The number of amides is 2. The molecule has 0 spiro atoms. The molecule has 0 bridgehead atoms. The first-order chi connectivity index (χ1) is 10.8. The van der Waals surface area contributed by atoms with Gasteiger partial charge in [-0.2, -0.15) is 0 Å². The first-order valence-electron chi connectivity index (χ1n) is 9.02. The predicted octanol–water partition coefficient (Wildman–Crippen LogP) is 3.42. The van der Waals surface area contributed by atoms with Gasteiger partial charge in [-0.1, -0.05) is 19.3 Å². The Morgan fingerprint density at radius 2 is 1.57 bits per heavy atom. The maximum Gasteiger partial charge on any atom is 0.410 e. The fraction of sp³-hybridized carbons (Fsp3) is 0.889. The van der Waals surface area contributed by atoms with Gasteiger partial charge >= 0.3 is 6.09 Å². The third-order valence-corrected chi connectivity index (χ3v) is 4.97. The first kappa shape index (κ1) is 18.1. The number of ether oxygens (including phenoxy) is 1. The van der Waals surface area contributed by atoms with Gasteiger partial charge in [0, 0.05) is 32.1 Å². The number of piperidine rings is 1. The zero-order chi connectivity index (χ0) is 17.0. The molecule has 1 aliphatic carbocycles. The highest BCUT2D eigenvalue weighted by atomic mass is 16.6. The summed E-state index contributed by atoms with van der Waals surface area (Å²) in [6.45, 7) is 6.86. The molecule has 0 atom stereocenters. The molecule has 0 aromatic rings. The van der Waals surface area contributed by atoms with E-state index in [0.717, 1.165) is 25.7 Å². The van der Waals surface area contributed by atoms with Gasteiger partial charge in [0.25, 0.3) is 0 Å². The van der Waals surface area contributed by atoms with Gasteiger partial charge in [-0.25, -0.2) is 4.79 Å². The van der Waals surface area contributed by atoms with Crippen molar-refractivity contribution in [1.29, 1.82) is 0 Å². The van der Waals surface area contributed by atoms with E-state index in [1.165, 1.54) is 19.3 Å². The van der Waals surface area contributed by atoms with E-state index in [1.54, 1.807) is 4.90 Å². The number of hydrogen-bond acceptors (Lipinski definition) is 3. The Bertz CT molecular complexity index is 416. The Hall–Kier alpha value is -1.26. The Morgan fingerprint density at radius 3 is 2.09 bits per heavy atom. The number of rotatable bonds is 2. The van der Waals surface area contributed by atoms with Crippen molar-refractivity contribution in [3.63, 3.8) is 0 Å². The molecule has 2 amide bonds. The van der Waals surface area contributed by atoms with Crippen LogP contribution in [0.1, 0.15) is 65.7 Å². The average Bonchev–Trinajstić information content (AvgIpc) is 2.53. The van der Waals surface area contributed by atoms with Crippen molar-refractivity contribution in [3.8, 4) is 0 Å². The van der Waals surface area contributed by atoms with Crippen LogP contribution in [0.2, 0.25) is 0 Å². The lowest BCUT2D eigenvalue weighted by Gasteiger charge is -2.37. The van der Waals surface area contributed by atoms with E-state index < -0.39 is 5.60 Å². The summed E-state index contributed by atoms with van der Waals surface area (Å²) in [6.07, 6.45) is 7.28. The molecule has 5 nitrogen and oxygen atoms in total. The van der Waals surface area contributed by atoms with Crippen molar-refractivity contribution in [3.05, 3.63) is 0 Å². The highest BCUT2D eigenvalue weighted by Crippen LogP contribution is 2.26. The molecule has 1 saturated heterocycles. The lowest BCUT2D eigenvalue weighted by Crippen LogP contribution is -2.47. The summed E-state index contributed by atoms with van der Waals surface area (Å²) in [4.78, 5) is 28.5. The molecule has 0 aromatic carbocycles. The van der Waals surface area contributed by atoms with Crippen molar-refractivity contribution in [2.24, 2.45) is 5.92 Å². The van der Waals surface area contributed by atoms with Crippen LogP contribution in [0.4, 0.5) is 4.79 Å². The largest absolute Gasteiger partial charge is 0.444 e. The zero-order valence-electron chi connectivity index (χ0n) is 15.1. The third-order valence-electron chi connectivity index (χ3n) is 4.97. The van der Waals surface area contributed by atoms with E-state index in [1.807, 2.05) is 32.7 Å². The molecule has 1 heterocycles. The minimum Gasteiger partial charge on any atom is -0.444 e. The zero-order valence-corrected chi connectivity index (χ0v) is 15.1. The number of nitrogens with zero attached hydrogens (tertiary/aromatic N) is 2. The summed E-state index contributed by atoms with van der Waals surface area (Å²) in [7, 11) is 1.96. The van der Waals surface area contributed by atoms with Crippen LogP contribution in [-0.2, 0) is 9.53 Å². The lowest BCUT2D eigenvalue weighted by atomic mass is 9.91. The van der Waals surface area contributed by atoms with E-state index >= 15 is 0 Å². The van der Waals surface area contributed by atoms with Crippen molar-refractivity contribution in [1.82, 2.24) is 9.80 Å². The quantitative estimate of drug-likeness (QED) is 0.782. The second-order valence-electron chi connectivity index (χ2n) is 7.98. The fourth-order valence-corrected chi connectivity index (χ4v) is 3.57. The third kappa shape index (κ3) is 5.11. The van der Waals surface area contributed by atoms with Crippen LogP contribution in [0.5, 0.6) is 0 Å². The molecule has 5 heteroatoms. The van der Waals surface area contributed by atoms with Crippen molar-refractivity contribution < 1.29 is 14.3 Å². The monoisotopic (exact) mass is 324 g/mol. The summed E-state index contributed by atoms with van der Waals surface area (Å²) in [5.74, 6) is 0.321. The van der Waals surface area contributed by atoms with Crippen LogP contribution in [-0.4, -0.2) is 53.6 Å². The maximum atomic E-state index is 12.7. The summed E-state index contributed by atoms with van der Waals surface area (Å²) in [5.41, 5.74) is -0.467. The molecule has 2 aliphatic rings. The Morgan fingerprint density at radius 1 is 1.00 bits per heavy atom. The van der Waals surface area contributed by atoms with E-state index in [4.69, 9.17) is 4.74 Å². The van der Waals surface area contributed by atoms with Crippen LogP contribution < -0.4 is 0 Å². The SMILES string of the molecule is CN(C(=O)C1CCN(C(=O)OC(C)(C)C)CC1)C1CCCCC1. The number of likely N-dealkylation sites (tertiary alicyclic amines) is 1. The summed E-state index contributed by atoms with van der Waals surface area (Å²) < 4.78 is 5.41. The minimum atomic E-state index is -0.467. The van der Waals surface area contributed by atoms with Crippen LogP contribution in [0.25, 0.3) is 0 Å². The van der Waals surface area contributed by atoms with E-state index in [0.29, 0.717) is 19.1 Å². The van der Waals surface area contributed by atoms with E-state index in [-0.39, 0.29) is 17.9 Å². The average molecular weight is 324 g/mol. The lowest BCUT2D eigenvalue weighted by molar-refractivity contribution is -0.138. The molecule has 0 radical (unpaired) electrons. The number of carbonyl (C=O) groups excluding carboxylic acids is 2. The minimum absolute atomic E-state index is 0.0561. The van der Waals surface area contributed by atoms with Crippen LogP contribution in [0, 0.1) is 5.92 Å². The van der Waals surface area contributed by atoms with Crippen molar-refractivity contribution in [2.75, 3.05) is 20.1 Å². The maximum absolute atomic E-state index is 12.7. The second kappa shape index (κ2) is 7.54. The summed E-state index contributed by atoms with van der Waals surface area (Å²) in [6, 6.07) is 0.417. The standard InChI is InChI=1S/C18H32N2O3/c1-18(2,3)23-17(22)20-12-10-14(11-13-20)16(21)19(4)15-8-6-5-7-9-15/h14-15H,5-13H2,1-4H3. The predicted molar refractivity (Wildman–Crippen MR) is 90.2 cm³/mol. The van der Waals surface area contributed by atoms with Crippen LogP contribution in [0.3, 0.4) is 0 Å². The topological polar surface area (TPSA) is 49.9 Å². The second-order valence-corrected chi connectivity index (χ2v) is 7.98. The highest BCUT2D eigenvalue weighted by Gasteiger charge is 2.33. The van der Waals surface area contributed by atoms with Gasteiger partial charge in [0.2, 0.25) is 5.91 Å². The summed E-state index contributed by atoms with van der Waals surface area (Å²) in [5, 5.41) is 0. The van der Waals surface area contributed by atoms with Crippen molar-refractivity contribution >= 4 is 12.0 Å². The van der Waals surface area contributed by atoms with Gasteiger partial charge in [0.05, 0.1) is 0 Å². The van der Waals surface area contributed by atoms with E-state index in [9.17, 15) is 9.59 Å². The van der Waals surface area contributed by atoms with E-state index in [2.05, 4.69) is 0 Å². The fourth-order valence-electron chi connectivity index (χ4n) is 3.57.